The predicted molar refractivity (Wildman–Crippen MR) is 90.2 cm³/mol. The van der Waals surface area contributed by atoms with Crippen LogP contribution in [0.5, 0.6) is 23.0 Å². The van der Waals surface area contributed by atoms with E-state index < -0.39 is 86.7 Å². The summed E-state index contributed by atoms with van der Waals surface area (Å²) >= 11 is 0. The molecule has 0 radical (unpaired) electrons. The van der Waals surface area contributed by atoms with E-state index >= 15 is 0 Å². The largest absolute Gasteiger partial charge is 0.504 e. The molecule has 0 aliphatic heterocycles. The zero-order chi connectivity index (χ0) is 22.2. The Morgan fingerprint density at radius 1 is 0.552 bits per heavy atom. The summed E-state index contributed by atoms with van der Waals surface area (Å²) in [5.41, 5.74) is -5.35. The van der Waals surface area contributed by atoms with Crippen molar-refractivity contribution < 1.29 is 60.0 Å². The molecule has 152 valence electrons. The van der Waals surface area contributed by atoms with Crippen molar-refractivity contribution in [3.8, 4) is 23.0 Å². The van der Waals surface area contributed by atoms with Crippen molar-refractivity contribution in [1.29, 1.82) is 0 Å². The number of hydrogen-bond donors (Lipinski definition) is 8. The molecule has 0 atom stereocenters. The van der Waals surface area contributed by atoms with Gasteiger partial charge in [0.1, 0.15) is 11.1 Å². The molecule has 2 aromatic rings. The Kier molecular flexibility index (Phi) is 5.22. The van der Waals surface area contributed by atoms with Crippen LogP contribution >= 0.6 is 0 Å². The topological polar surface area (TPSA) is 230 Å². The van der Waals surface area contributed by atoms with Crippen LogP contribution in [0, 0.1) is 0 Å². The third-order valence-corrected chi connectivity index (χ3v) is 3.96. The molecular formula is C17H12O12. The number of carboxylic acid groups (broad SMARTS) is 4. The molecular weight excluding hydrogens is 396 g/mol. The van der Waals surface area contributed by atoms with Gasteiger partial charge in [-0.15, -0.1) is 0 Å². The van der Waals surface area contributed by atoms with Crippen LogP contribution < -0.4 is 0 Å². The molecule has 0 bridgehead atoms. The fourth-order valence-corrected chi connectivity index (χ4v) is 2.81. The predicted octanol–water partition coefficient (Wildman–Crippen LogP) is 0.893. The van der Waals surface area contributed by atoms with Crippen molar-refractivity contribution in [3.05, 3.63) is 45.5 Å². The number of carboxylic acids is 4. The molecule has 2 aromatic carbocycles. The second kappa shape index (κ2) is 7.26. The molecule has 29 heavy (non-hydrogen) atoms. The molecule has 0 heterocycles. The van der Waals surface area contributed by atoms with Crippen molar-refractivity contribution in [2.24, 2.45) is 0 Å². The number of rotatable bonds is 6. The smallest absolute Gasteiger partial charge is 0.340 e. The van der Waals surface area contributed by atoms with Crippen LogP contribution in [0.3, 0.4) is 0 Å². The van der Waals surface area contributed by atoms with Crippen LogP contribution in [0.25, 0.3) is 0 Å². The van der Waals surface area contributed by atoms with Crippen LogP contribution in [0.2, 0.25) is 0 Å². The normalized spacial score (nSPS) is 10.5. The van der Waals surface area contributed by atoms with Gasteiger partial charge in [-0.1, -0.05) is 0 Å². The maximum Gasteiger partial charge on any atom is 0.340 e. The third-order valence-electron chi connectivity index (χ3n) is 3.96. The number of aromatic carboxylic acids is 4. The van der Waals surface area contributed by atoms with E-state index in [0.717, 1.165) is 0 Å². The zero-order valence-corrected chi connectivity index (χ0v) is 14.1. The van der Waals surface area contributed by atoms with Gasteiger partial charge in [0.15, 0.2) is 23.0 Å². The Morgan fingerprint density at radius 3 is 1.07 bits per heavy atom. The first kappa shape index (κ1) is 20.8. The van der Waals surface area contributed by atoms with Gasteiger partial charge in [0.2, 0.25) is 0 Å². The van der Waals surface area contributed by atoms with Crippen molar-refractivity contribution in [2.75, 3.05) is 0 Å². The van der Waals surface area contributed by atoms with Crippen molar-refractivity contribution >= 4 is 23.9 Å². The molecule has 12 nitrogen and oxygen atoms in total. The molecule has 0 amide bonds. The second-order valence-electron chi connectivity index (χ2n) is 5.70. The highest BCUT2D eigenvalue weighted by molar-refractivity contribution is 6.07. The quantitative estimate of drug-likeness (QED) is 0.311. The molecule has 0 aliphatic rings. The van der Waals surface area contributed by atoms with E-state index in [-0.39, 0.29) is 0 Å². The molecule has 12 heteroatoms. The molecule has 0 spiro atoms. The highest BCUT2D eigenvalue weighted by atomic mass is 16.4. The number of carbonyl (C=O) groups is 4. The van der Waals surface area contributed by atoms with Crippen LogP contribution in [-0.4, -0.2) is 64.7 Å². The minimum absolute atomic E-state index is 0.505. The van der Waals surface area contributed by atoms with Crippen LogP contribution in [0.15, 0.2) is 12.1 Å². The highest BCUT2D eigenvalue weighted by Crippen LogP contribution is 2.38. The second-order valence-corrected chi connectivity index (χ2v) is 5.70. The van der Waals surface area contributed by atoms with Gasteiger partial charge in [-0.2, -0.15) is 0 Å². The van der Waals surface area contributed by atoms with Crippen molar-refractivity contribution in [3.63, 3.8) is 0 Å². The number of phenolic OH excluding ortho intramolecular Hbond substituents is 2. The number of benzene rings is 2. The molecule has 0 saturated carbocycles. The molecule has 0 saturated heterocycles. The van der Waals surface area contributed by atoms with Gasteiger partial charge >= 0.3 is 23.9 Å². The first-order chi connectivity index (χ1) is 13.4. The van der Waals surface area contributed by atoms with E-state index in [1.165, 1.54) is 0 Å². The average Bonchev–Trinajstić information content (AvgIpc) is 2.58. The number of hydrogen-bond acceptors (Lipinski definition) is 8. The summed E-state index contributed by atoms with van der Waals surface area (Å²) in [5.74, 6) is -12.0. The van der Waals surface area contributed by atoms with Gasteiger partial charge in [-0.05, 0) is 29.7 Å². The van der Waals surface area contributed by atoms with Gasteiger partial charge in [0.25, 0.3) is 0 Å². The summed E-state index contributed by atoms with van der Waals surface area (Å²) in [4.78, 5) is 45.8. The lowest BCUT2D eigenvalue weighted by molar-refractivity contribution is 0.0645. The monoisotopic (exact) mass is 408 g/mol. The lowest BCUT2D eigenvalue weighted by Gasteiger charge is -2.15. The maximum absolute atomic E-state index is 11.6. The van der Waals surface area contributed by atoms with Gasteiger partial charge in [-0.3, -0.25) is 0 Å². The Morgan fingerprint density at radius 2 is 0.828 bits per heavy atom. The van der Waals surface area contributed by atoms with E-state index in [1.807, 2.05) is 0 Å². The zero-order valence-electron chi connectivity index (χ0n) is 14.1. The molecule has 0 aromatic heterocycles. The molecule has 0 fully saturated rings. The van der Waals surface area contributed by atoms with Crippen LogP contribution in [0.1, 0.15) is 52.6 Å². The summed E-state index contributed by atoms with van der Waals surface area (Å²) < 4.78 is 0. The van der Waals surface area contributed by atoms with Gasteiger partial charge in [0.05, 0.1) is 11.1 Å². The fourth-order valence-electron chi connectivity index (χ4n) is 2.81. The van der Waals surface area contributed by atoms with Crippen molar-refractivity contribution in [2.45, 2.75) is 6.42 Å². The Hall–Kier alpha value is -4.48. The van der Waals surface area contributed by atoms with E-state index in [9.17, 15) is 60.0 Å². The first-order valence-corrected chi connectivity index (χ1v) is 7.47. The average molecular weight is 408 g/mol. The lowest BCUT2D eigenvalue weighted by Crippen LogP contribution is -2.15. The standard InChI is InChI=1S/C17H12O12/c18-6-2-4(8(14(22)23)10(12(6)20)16(26)27)1-5-3-7(19)13(21)11(17(28)29)9(5)15(24)25/h2-3,18-21H,1H2,(H,22,23)(H,24,25)(H,26,27)(H,28,29). The number of aromatic hydroxyl groups is 4. The molecule has 0 unspecified atom stereocenters. The van der Waals surface area contributed by atoms with Gasteiger partial charge in [-0.25, -0.2) is 19.2 Å². The van der Waals surface area contributed by atoms with E-state index in [2.05, 4.69) is 0 Å². The van der Waals surface area contributed by atoms with Gasteiger partial charge in [0, 0.05) is 0 Å². The minimum atomic E-state index is -1.91. The maximum atomic E-state index is 11.6. The summed E-state index contributed by atoms with van der Waals surface area (Å²) in [7, 11) is 0. The van der Waals surface area contributed by atoms with E-state index in [1.54, 1.807) is 0 Å². The fraction of sp³-hybridized carbons (Fsp3) is 0.0588. The SMILES string of the molecule is O=C(O)c1c(Cc2cc(O)c(O)c(C(=O)O)c2C(=O)O)cc(O)c(O)c1C(=O)O. The highest BCUT2D eigenvalue weighted by Gasteiger charge is 2.31. The third kappa shape index (κ3) is 3.53. The van der Waals surface area contributed by atoms with Crippen LogP contribution in [-0.2, 0) is 6.42 Å². The minimum Gasteiger partial charge on any atom is -0.504 e. The molecule has 2 rings (SSSR count). The van der Waals surface area contributed by atoms with E-state index in [4.69, 9.17) is 0 Å². The summed E-state index contributed by atoms with van der Waals surface area (Å²) in [6.07, 6.45) is -0.786. The van der Waals surface area contributed by atoms with Gasteiger partial charge < -0.3 is 40.9 Å². The lowest BCUT2D eigenvalue weighted by atomic mass is 9.90. The summed E-state index contributed by atoms with van der Waals surface area (Å²) in [6.45, 7) is 0. The Labute approximate surface area is 159 Å². The Balaban J connectivity index is 2.88. The Bertz CT molecular complexity index is 997. The summed E-state index contributed by atoms with van der Waals surface area (Å²) in [5, 5.41) is 75.9. The van der Waals surface area contributed by atoms with Crippen LogP contribution in [0.4, 0.5) is 0 Å². The van der Waals surface area contributed by atoms with Crippen molar-refractivity contribution in [1.82, 2.24) is 0 Å². The van der Waals surface area contributed by atoms with E-state index in [0.29, 0.717) is 12.1 Å². The molecule has 8 N–H and O–H groups in total. The molecule has 0 aliphatic carbocycles. The number of phenols is 4. The first-order valence-electron chi connectivity index (χ1n) is 7.47. The summed E-state index contributed by atoms with van der Waals surface area (Å²) in [6, 6.07) is 1.31.